The molecule has 6 heteroatoms. The van der Waals surface area contributed by atoms with Crippen molar-refractivity contribution in [2.45, 2.75) is 12.8 Å². The van der Waals surface area contributed by atoms with Gasteiger partial charge in [0.05, 0.1) is 11.8 Å². The van der Waals surface area contributed by atoms with E-state index in [1.54, 1.807) is 9.58 Å². The van der Waals surface area contributed by atoms with Crippen molar-refractivity contribution in [2.75, 3.05) is 13.1 Å². The summed E-state index contributed by atoms with van der Waals surface area (Å²) in [4.78, 5) is 14.0. The van der Waals surface area contributed by atoms with Crippen LogP contribution in [0.1, 0.15) is 22.3 Å². The quantitative estimate of drug-likeness (QED) is 0.943. The third-order valence-electron chi connectivity index (χ3n) is 4.04. The minimum absolute atomic E-state index is 0.0137. The van der Waals surface area contributed by atoms with Gasteiger partial charge in [-0.3, -0.25) is 9.48 Å². The second-order valence-corrected chi connectivity index (χ2v) is 5.80. The summed E-state index contributed by atoms with van der Waals surface area (Å²) in [6, 6.07) is 3.64. The maximum atomic E-state index is 13.8. The number of rotatable bonds is 3. The van der Waals surface area contributed by atoms with Crippen LogP contribution in [-0.4, -0.2) is 38.8 Å². The lowest BCUT2D eigenvalue weighted by Crippen LogP contribution is -2.29. The zero-order valence-corrected chi connectivity index (χ0v) is 12.4. The van der Waals surface area contributed by atoms with E-state index in [1.165, 1.54) is 12.1 Å². The van der Waals surface area contributed by atoms with Crippen LogP contribution in [-0.2, 0) is 13.5 Å². The van der Waals surface area contributed by atoms with Gasteiger partial charge in [0.25, 0.3) is 5.91 Å². The van der Waals surface area contributed by atoms with Gasteiger partial charge in [0, 0.05) is 32.4 Å². The van der Waals surface area contributed by atoms with Gasteiger partial charge in [0.1, 0.15) is 11.6 Å². The smallest absolute Gasteiger partial charge is 0.256 e. The zero-order chi connectivity index (χ0) is 15.7. The number of aromatic hydroxyl groups is 1. The first kappa shape index (κ1) is 14.6. The Balaban J connectivity index is 1.65. The molecule has 1 aromatic carbocycles. The van der Waals surface area contributed by atoms with Crippen molar-refractivity contribution in [3.8, 4) is 5.75 Å². The summed E-state index contributed by atoms with van der Waals surface area (Å²) in [5, 5.41) is 13.4. The predicted octanol–water partition coefficient (Wildman–Crippen LogP) is 1.97. The zero-order valence-electron chi connectivity index (χ0n) is 12.4. The topological polar surface area (TPSA) is 58.4 Å². The number of phenols is 1. The molecule has 116 valence electrons. The molecular weight excluding hydrogens is 285 g/mol. The average Bonchev–Trinajstić information content (AvgIpc) is 3.08. The fourth-order valence-electron chi connectivity index (χ4n) is 2.94. The minimum atomic E-state index is -0.680. The number of amides is 1. The third-order valence-corrected chi connectivity index (χ3v) is 4.04. The van der Waals surface area contributed by atoms with Crippen molar-refractivity contribution in [3.05, 3.63) is 47.5 Å². The Morgan fingerprint density at radius 3 is 3.00 bits per heavy atom. The fourth-order valence-corrected chi connectivity index (χ4v) is 2.94. The van der Waals surface area contributed by atoms with Crippen LogP contribution in [0.2, 0.25) is 0 Å². The van der Waals surface area contributed by atoms with E-state index in [-0.39, 0.29) is 17.2 Å². The molecular formula is C16H18FN3O2. The number of carbonyl (C=O) groups excluding carboxylic acids is 1. The van der Waals surface area contributed by atoms with E-state index in [1.807, 2.05) is 19.4 Å². The fraction of sp³-hybridized carbons (Fsp3) is 0.375. The molecule has 1 aromatic heterocycles. The summed E-state index contributed by atoms with van der Waals surface area (Å²) in [5.41, 5.74) is 1.16. The summed E-state index contributed by atoms with van der Waals surface area (Å²) < 4.78 is 15.5. The highest BCUT2D eigenvalue weighted by atomic mass is 19.1. The summed E-state index contributed by atoms with van der Waals surface area (Å²) in [6.07, 6.45) is 5.59. The van der Waals surface area contributed by atoms with E-state index in [0.717, 1.165) is 24.5 Å². The molecule has 2 aromatic rings. The van der Waals surface area contributed by atoms with Gasteiger partial charge in [0.15, 0.2) is 0 Å². The lowest BCUT2D eigenvalue weighted by atomic mass is 10.0. The van der Waals surface area contributed by atoms with Crippen molar-refractivity contribution in [2.24, 2.45) is 13.0 Å². The second kappa shape index (κ2) is 5.79. The van der Waals surface area contributed by atoms with Gasteiger partial charge in [-0.1, -0.05) is 0 Å². The maximum Gasteiger partial charge on any atom is 0.256 e. The molecule has 0 bridgehead atoms. The monoisotopic (exact) mass is 303 g/mol. The molecule has 1 unspecified atom stereocenters. The molecule has 2 heterocycles. The van der Waals surface area contributed by atoms with Gasteiger partial charge in [-0.05, 0) is 36.5 Å². The van der Waals surface area contributed by atoms with E-state index in [4.69, 9.17) is 0 Å². The number of aryl methyl sites for hydroxylation is 1. The van der Waals surface area contributed by atoms with Crippen LogP contribution in [0.4, 0.5) is 4.39 Å². The molecule has 5 nitrogen and oxygen atoms in total. The van der Waals surface area contributed by atoms with Crippen LogP contribution in [0.15, 0.2) is 30.6 Å². The first-order valence-corrected chi connectivity index (χ1v) is 7.28. The number of phenolic OH excluding ortho intramolecular Hbond substituents is 1. The van der Waals surface area contributed by atoms with Crippen LogP contribution < -0.4 is 0 Å². The van der Waals surface area contributed by atoms with E-state index in [0.29, 0.717) is 19.0 Å². The minimum Gasteiger partial charge on any atom is -0.508 e. The van der Waals surface area contributed by atoms with E-state index >= 15 is 0 Å². The Morgan fingerprint density at radius 2 is 2.32 bits per heavy atom. The van der Waals surface area contributed by atoms with Gasteiger partial charge in [0.2, 0.25) is 0 Å². The average molecular weight is 303 g/mol. The van der Waals surface area contributed by atoms with E-state index < -0.39 is 5.82 Å². The third kappa shape index (κ3) is 2.95. The first-order chi connectivity index (χ1) is 10.5. The molecule has 22 heavy (non-hydrogen) atoms. The van der Waals surface area contributed by atoms with Crippen molar-refractivity contribution >= 4 is 5.91 Å². The standard InChI is InChI=1S/C16H18FN3O2/c1-19-9-12(8-18-19)6-11-4-5-20(10-11)16(22)14-3-2-13(21)7-15(14)17/h2-3,7-9,11,21H,4-6,10H2,1H3. The number of benzene rings is 1. The maximum absolute atomic E-state index is 13.8. The highest BCUT2D eigenvalue weighted by Gasteiger charge is 2.28. The van der Waals surface area contributed by atoms with Gasteiger partial charge in [-0.15, -0.1) is 0 Å². The van der Waals surface area contributed by atoms with Crippen LogP contribution in [0, 0.1) is 11.7 Å². The number of carbonyl (C=O) groups is 1. The molecule has 1 amide bonds. The Bertz CT molecular complexity index is 698. The molecule has 0 spiro atoms. The Kier molecular flexibility index (Phi) is 3.83. The largest absolute Gasteiger partial charge is 0.508 e. The molecule has 1 fully saturated rings. The molecule has 1 saturated heterocycles. The van der Waals surface area contributed by atoms with Crippen molar-refractivity contribution in [1.82, 2.24) is 14.7 Å². The summed E-state index contributed by atoms with van der Waals surface area (Å²) in [7, 11) is 1.88. The van der Waals surface area contributed by atoms with Crippen LogP contribution in [0.5, 0.6) is 5.75 Å². The SMILES string of the molecule is Cn1cc(CC2CCN(C(=O)c3ccc(O)cc3F)C2)cn1. The molecule has 0 aliphatic carbocycles. The number of likely N-dealkylation sites (tertiary alicyclic amines) is 1. The second-order valence-electron chi connectivity index (χ2n) is 5.80. The molecule has 1 aliphatic rings. The molecule has 0 saturated carbocycles. The highest BCUT2D eigenvalue weighted by molar-refractivity contribution is 5.94. The first-order valence-electron chi connectivity index (χ1n) is 7.28. The van der Waals surface area contributed by atoms with Crippen molar-refractivity contribution in [3.63, 3.8) is 0 Å². The number of aromatic nitrogens is 2. The Morgan fingerprint density at radius 1 is 1.50 bits per heavy atom. The number of nitrogens with zero attached hydrogens (tertiary/aromatic N) is 3. The van der Waals surface area contributed by atoms with Crippen LogP contribution >= 0.6 is 0 Å². The van der Waals surface area contributed by atoms with Gasteiger partial charge < -0.3 is 10.0 Å². The normalized spacial score (nSPS) is 17.9. The van der Waals surface area contributed by atoms with Crippen molar-refractivity contribution < 1.29 is 14.3 Å². The Labute approximate surface area is 128 Å². The lowest BCUT2D eigenvalue weighted by Gasteiger charge is -2.17. The number of hydrogen-bond acceptors (Lipinski definition) is 3. The predicted molar refractivity (Wildman–Crippen MR) is 79.0 cm³/mol. The highest BCUT2D eigenvalue weighted by Crippen LogP contribution is 2.24. The summed E-state index contributed by atoms with van der Waals surface area (Å²) in [5.74, 6) is -0.801. The van der Waals surface area contributed by atoms with Gasteiger partial charge >= 0.3 is 0 Å². The van der Waals surface area contributed by atoms with Crippen LogP contribution in [0.3, 0.4) is 0 Å². The van der Waals surface area contributed by atoms with Gasteiger partial charge in [-0.25, -0.2) is 4.39 Å². The lowest BCUT2D eigenvalue weighted by molar-refractivity contribution is 0.0782. The number of halogens is 1. The van der Waals surface area contributed by atoms with Gasteiger partial charge in [-0.2, -0.15) is 5.10 Å². The molecule has 1 N–H and O–H groups in total. The van der Waals surface area contributed by atoms with Crippen molar-refractivity contribution in [1.29, 1.82) is 0 Å². The molecule has 1 atom stereocenters. The molecule has 0 radical (unpaired) electrons. The molecule has 3 rings (SSSR count). The summed E-state index contributed by atoms with van der Waals surface area (Å²) >= 11 is 0. The molecule has 1 aliphatic heterocycles. The van der Waals surface area contributed by atoms with E-state index in [9.17, 15) is 14.3 Å². The van der Waals surface area contributed by atoms with E-state index in [2.05, 4.69) is 5.10 Å². The van der Waals surface area contributed by atoms with Crippen LogP contribution in [0.25, 0.3) is 0 Å². The summed E-state index contributed by atoms with van der Waals surface area (Å²) in [6.45, 7) is 1.25. The Hall–Kier alpha value is -2.37. The number of hydrogen-bond donors (Lipinski definition) is 1.